The van der Waals surface area contributed by atoms with Gasteiger partial charge in [0.2, 0.25) is 0 Å². The largest absolute Gasteiger partial charge is 0.469 e. The summed E-state index contributed by atoms with van der Waals surface area (Å²) in [6, 6.07) is 7.59. The van der Waals surface area contributed by atoms with E-state index in [1.54, 1.807) is 9.80 Å². The molecule has 0 radical (unpaired) electrons. The Balaban J connectivity index is 1.65. The monoisotopic (exact) mass is 431 g/mol. The van der Waals surface area contributed by atoms with Crippen molar-refractivity contribution in [3.05, 3.63) is 29.8 Å². The van der Waals surface area contributed by atoms with Crippen LogP contribution in [0.2, 0.25) is 0 Å². The molecule has 0 saturated carbocycles. The SMILES string of the molecule is COC(=O)C(C)(C)Cc1ccc(N2CC3CN(C(=O)OC(C)(C)C)CCN3C2=O)cc1. The number of methoxy groups -OCH3 is 1. The molecule has 31 heavy (non-hydrogen) atoms. The second kappa shape index (κ2) is 8.40. The smallest absolute Gasteiger partial charge is 0.410 e. The Hall–Kier alpha value is -2.77. The van der Waals surface area contributed by atoms with Crippen LogP contribution in [0.15, 0.2) is 24.3 Å². The van der Waals surface area contributed by atoms with Crippen molar-refractivity contribution >= 4 is 23.8 Å². The van der Waals surface area contributed by atoms with E-state index in [1.165, 1.54) is 7.11 Å². The lowest BCUT2D eigenvalue weighted by molar-refractivity contribution is -0.150. The first kappa shape index (κ1) is 22.9. The Bertz CT molecular complexity index is 844. The summed E-state index contributed by atoms with van der Waals surface area (Å²) in [6.45, 7) is 11.2. The molecule has 0 aromatic heterocycles. The molecule has 3 amide bonds. The Morgan fingerprint density at radius 1 is 1.03 bits per heavy atom. The summed E-state index contributed by atoms with van der Waals surface area (Å²) in [6.07, 6.45) is 0.212. The highest BCUT2D eigenvalue weighted by molar-refractivity contribution is 5.95. The van der Waals surface area contributed by atoms with Crippen molar-refractivity contribution in [3.63, 3.8) is 0 Å². The van der Waals surface area contributed by atoms with Crippen LogP contribution in [0.5, 0.6) is 0 Å². The number of hydrogen-bond acceptors (Lipinski definition) is 5. The molecule has 3 rings (SSSR count). The maximum atomic E-state index is 12.9. The van der Waals surface area contributed by atoms with Crippen LogP contribution in [0.25, 0.3) is 0 Å². The van der Waals surface area contributed by atoms with Crippen LogP contribution >= 0.6 is 0 Å². The standard InChI is InChI=1S/C23H33N3O5/c1-22(2,3)31-21(29)24-11-12-25-18(14-24)15-26(20(25)28)17-9-7-16(8-10-17)13-23(4,5)19(27)30-6/h7-10,18H,11-15H2,1-6H3. The molecule has 8 heteroatoms. The van der Waals surface area contributed by atoms with Crippen LogP contribution in [0.4, 0.5) is 15.3 Å². The van der Waals surface area contributed by atoms with Crippen molar-refractivity contribution in [1.82, 2.24) is 9.80 Å². The normalized spacial score (nSPS) is 19.4. The molecule has 0 spiro atoms. The number of amides is 3. The zero-order valence-electron chi connectivity index (χ0n) is 19.3. The minimum atomic E-state index is -0.620. The molecule has 170 valence electrons. The van der Waals surface area contributed by atoms with E-state index in [2.05, 4.69) is 0 Å². The molecule has 2 saturated heterocycles. The molecule has 2 fully saturated rings. The zero-order chi connectivity index (χ0) is 23.0. The molecule has 1 unspecified atom stereocenters. The minimum Gasteiger partial charge on any atom is -0.469 e. The number of hydrogen-bond donors (Lipinski definition) is 0. The van der Waals surface area contributed by atoms with Gasteiger partial charge in [0.05, 0.1) is 18.6 Å². The van der Waals surface area contributed by atoms with Gasteiger partial charge in [-0.3, -0.25) is 9.69 Å². The van der Waals surface area contributed by atoms with E-state index in [-0.39, 0.29) is 24.1 Å². The van der Waals surface area contributed by atoms with E-state index in [9.17, 15) is 14.4 Å². The van der Waals surface area contributed by atoms with Crippen molar-refractivity contribution in [2.45, 2.75) is 52.7 Å². The molecule has 1 atom stereocenters. The highest BCUT2D eigenvalue weighted by Crippen LogP contribution is 2.29. The average Bonchev–Trinajstić information content (AvgIpc) is 3.02. The second-order valence-electron chi connectivity index (χ2n) is 9.89. The van der Waals surface area contributed by atoms with E-state index in [1.807, 2.05) is 63.8 Å². The van der Waals surface area contributed by atoms with Crippen molar-refractivity contribution < 1.29 is 23.9 Å². The van der Waals surface area contributed by atoms with Gasteiger partial charge in [0.15, 0.2) is 0 Å². The molecule has 0 aliphatic carbocycles. The number of anilines is 1. The van der Waals surface area contributed by atoms with E-state index < -0.39 is 11.0 Å². The summed E-state index contributed by atoms with van der Waals surface area (Å²) in [5.74, 6) is -0.252. The van der Waals surface area contributed by atoms with E-state index in [0.717, 1.165) is 11.3 Å². The fraction of sp³-hybridized carbons (Fsp3) is 0.609. The summed E-state index contributed by atoms with van der Waals surface area (Å²) < 4.78 is 10.4. The number of nitrogens with zero attached hydrogens (tertiary/aromatic N) is 3. The number of fused-ring (bicyclic) bond motifs is 1. The molecule has 2 heterocycles. The molecular formula is C23H33N3O5. The molecule has 0 bridgehead atoms. The zero-order valence-corrected chi connectivity index (χ0v) is 19.3. The van der Waals surface area contributed by atoms with Crippen molar-refractivity contribution in [3.8, 4) is 0 Å². The summed E-state index contributed by atoms with van der Waals surface area (Å²) in [4.78, 5) is 42.5. The van der Waals surface area contributed by atoms with Crippen LogP contribution in [0.1, 0.15) is 40.2 Å². The van der Waals surface area contributed by atoms with Gasteiger partial charge in [-0.25, -0.2) is 9.59 Å². The Labute approximate surface area is 184 Å². The number of piperazine rings is 1. The predicted octanol–water partition coefficient (Wildman–Crippen LogP) is 3.29. The topological polar surface area (TPSA) is 79.4 Å². The number of rotatable bonds is 4. The highest BCUT2D eigenvalue weighted by Gasteiger charge is 2.43. The van der Waals surface area contributed by atoms with Gasteiger partial charge in [0.25, 0.3) is 0 Å². The third kappa shape index (κ3) is 5.11. The van der Waals surface area contributed by atoms with Gasteiger partial charge < -0.3 is 19.3 Å². The fourth-order valence-corrected chi connectivity index (χ4v) is 4.07. The van der Waals surface area contributed by atoms with Gasteiger partial charge in [-0.15, -0.1) is 0 Å². The van der Waals surface area contributed by atoms with E-state index in [4.69, 9.17) is 9.47 Å². The number of ether oxygens (including phenoxy) is 2. The summed E-state index contributed by atoms with van der Waals surface area (Å²) in [7, 11) is 1.39. The Kier molecular flexibility index (Phi) is 6.21. The first-order valence-corrected chi connectivity index (χ1v) is 10.6. The van der Waals surface area contributed by atoms with Gasteiger partial charge >= 0.3 is 18.1 Å². The maximum absolute atomic E-state index is 12.9. The van der Waals surface area contributed by atoms with Gasteiger partial charge in [-0.1, -0.05) is 12.1 Å². The lowest BCUT2D eigenvalue weighted by Crippen LogP contribution is -2.54. The molecule has 1 aromatic rings. The van der Waals surface area contributed by atoms with Gasteiger partial charge in [-0.05, 0) is 58.7 Å². The van der Waals surface area contributed by atoms with Crippen LogP contribution in [0.3, 0.4) is 0 Å². The third-order valence-corrected chi connectivity index (χ3v) is 5.64. The fourth-order valence-electron chi connectivity index (χ4n) is 4.07. The minimum absolute atomic E-state index is 0.0449. The number of benzene rings is 1. The predicted molar refractivity (Wildman–Crippen MR) is 117 cm³/mol. The highest BCUT2D eigenvalue weighted by atomic mass is 16.6. The lowest BCUT2D eigenvalue weighted by Gasteiger charge is -2.36. The summed E-state index contributed by atoms with van der Waals surface area (Å²) in [5, 5.41) is 0. The van der Waals surface area contributed by atoms with Crippen molar-refractivity contribution in [2.24, 2.45) is 5.41 Å². The van der Waals surface area contributed by atoms with Crippen LogP contribution in [0, 0.1) is 5.41 Å². The van der Waals surface area contributed by atoms with E-state index in [0.29, 0.717) is 32.6 Å². The van der Waals surface area contributed by atoms with Gasteiger partial charge in [0.1, 0.15) is 5.60 Å². The Morgan fingerprint density at radius 3 is 2.26 bits per heavy atom. The molecule has 8 nitrogen and oxygen atoms in total. The second-order valence-corrected chi connectivity index (χ2v) is 9.89. The first-order valence-electron chi connectivity index (χ1n) is 10.6. The third-order valence-electron chi connectivity index (χ3n) is 5.64. The lowest BCUT2D eigenvalue weighted by atomic mass is 9.86. The number of urea groups is 1. The maximum Gasteiger partial charge on any atom is 0.410 e. The quantitative estimate of drug-likeness (QED) is 0.684. The number of carbonyl (C=O) groups is 3. The van der Waals surface area contributed by atoms with Gasteiger partial charge in [-0.2, -0.15) is 0 Å². The first-order chi connectivity index (χ1) is 14.4. The molecule has 2 aliphatic rings. The van der Waals surface area contributed by atoms with Crippen molar-refractivity contribution in [2.75, 3.05) is 38.2 Å². The summed E-state index contributed by atoms with van der Waals surface area (Å²) >= 11 is 0. The van der Waals surface area contributed by atoms with Gasteiger partial charge in [0, 0.05) is 31.9 Å². The average molecular weight is 432 g/mol. The molecule has 0 N–H and O–H groups in total. The molecule has 1 aromatic carbocycles. The molecule has 2 aliphatic heterocycles. The van der Waals surface area contributed by atoms with Crippen LogP contribution < -0.4 is 4.90 Å². The van der Waals surface area contributed by atoms with Crippen molar-refractivity contribution in [1.29, 1.82) is 0 Å². The van der Waals surface area contributed by atoms with E-state index >= 15 is 0 Å². The number of esters is 1. The number of carbonyl (C=O) groups excluding carboxylic acids is 3. The Morgan fingerprint density at radius 2 is 1.68 bits per heavy atom. The summed E-state index contributed by atoms with van der Waals surface area (Å²) in [5.41, 5.74) is 0.643. The van der Waals surface area contributed by atoms with Crippen LogP contribution in [-0.2, 0) is 20.7 Å². The molecular weight excluding hydrogens is 398 g/mol. The van der Waals surface area contributed by atoms with Crippen LogP contribution in [-0.4, -0.2) is 72.8 Å².